The van der Waals surface area contributed by atoms with Crippen LogP contribution in [0.3, 0.4) is 0 Å². The summed E-state index contributed by atoms with van der Waals surface area (Å²) in [6.45, 7) is 3.87. The molecule has 0 saturated heterocycles. The van der Waals surface area contributed by atoms with Crippen LogP contribution in [-0.2, 0) is 32.4 Å². The van der Waals surface area contributed by atoms with E-state index in [1.54, 1.807) is 12.1 Å². The van der Waals surface area contributed by atoms with Crippen molar-refractivity contribution < 1.29 is 17.9 Å². The Morgan fingerprint density at radius 1 is 1.22 bits per heavy atom. The summed E-state index contributed by atoms with van der Waals surface area (Å²) in [6, 6.07) is 4.39. The van der Waals surface area contributed by atoms with Crippen molar-refractivity contribution >= 4 is 16.0 Å². The zero-order chi connectivity index (χ0) is 17.0. The van der Waals surface area contributed by atoms with Gasteiger partial charge in [0, 0.05) is 0 Å². The molecule has 23 heavy (non-hydrogen) atoms. The molecule has 0 amide bonds. The Bertz CT molecular complexity index is 667. The number of carbonyl (C=O) groups is 1. The van der Waals surface area contributed by atoms with Gasteiger partial charge in [-0.05, 0) is 61.3 Å². The van der Waals surface area contributed by atoms with Crippen molar-refractivity contribution in [3.8, 4) is 0 Å². The number of nitrogens with one attached hydrogen (secondary N) is 1. The predicted molar refractivity (Wildman–Crippen MR) is 88.7 cm³/mol. The number of fused-ring (bicyclic) bond motifs is 1. The number of aryl methyl sites for hydroxylation is 2. The van der Waals surface area contributed by atoms with E-state index in [9.17, 15) is 13.2 Å². The summed E-state index contributed by atoms with van der Waals surface area (Å²) >= 11 is 0. The van der Waals surface area contributed by atoms with Crippen LogP contribution in [0, 0.1) is 5.92 Å². The average Bonchev–Trinajstić information content (AvgIpc) is 2.52. The highest BCUT2D eigenvalue weighted by Crippen LogP contribution is 2.24. The van der Waals surface area contributed by atoms with E-state index in [4.69, 9.17) is 4.74 Å². The Kier molecular flexibility index (Phi) is 5.81. The van der Waals surface area contributed by atoms with Crippen molar-refractivity contribution in [1.29, 1.82) is 0 Å². The fourth-order valence-electron chi connectivity index (χ4n) is 2.94. The lowest BCUT2D eigenvalue weighted by molar-refractivity contribution is -0.143. The van der Waals surface area contributed by atoms with Crippen LogP contribution in [0.5, 0.6) is 0 Å². The molecule has 0 unspecified atom stereocenters. The maximum Gasteiger partial charge on any atom is 0.323 e. The Morgan fingerprint density at radius 3 is 2.48 bits per heavy atom. The third-order valence-corrected chi connectivity index (χ3v) is 5.59. The molecular formula is C17H25NO4S. The lowest BCUT2D eigenvalue weighted by atomic mass is 9.92. The molecule has 0 bridgehead atoms. The number of carbonyl (C=O) groups excluding carboxylic acids is 1. The van der Waals surface area contributed by atoms with E-state index in [1.807, 2.05) is 19.9 Å². The number of hydrogen-bond acceptors (Lipinski definition) is 4. The zero-order valence-corrected chi connectivity index (χ0v) is 14.8. The second kappa shape index (κ2) is 7.45. The van der Waals surface area contributed by atoms with Crippen LogP contribution in [0.15, 0.2) is 23.1 Å². The molecule has 0 fully saturated rings. The van der Waals surface area contributed by atoms with Gasteiger partial charge in [0.2, 0.25) is 10.0 Å². The first-order valence-corrected chi connectivity index (χ1v) is 9.53. The number of benzene rings is 1. The second-order valence-electron chi connectivity index (χ2n) is 6.46. The number of ether oxygens (including phenoxy) is 1. The fraction of sp³-hybridized carbons (Fsp3) is 0.588. The minimum absolute atomic E-state index is 0.172. The van der Waals surface area contributed by atoms with Gasteiger partial charge in [0.1, 0.15) is 6.04 Å². The molecule has 1 aliphatic rings. The first-order chi connectivity index (χ1) is 10.8. The van der Waals surface area contributed by atoms with Gasteiger partial charge in [-0.1, -0.05) is 19.9 Å². The lowest BCUT2D eigenvalue weighted by Crippen LogP contribution is -2.42. The largest absolute Gasteiger partial charge is 0.468 e. The Morgan fingerprint density at radius 2 is 1.87 bits per heavy atom. The molecule has 1 atom stereocenters. The van der Waals surface area contributed by atoms with Crippen LogP contribution >= 0.6 is 0 Å². The standard InChI is InChI=1S/C17H25NO4S/c1-12(2)10-16(17(19)22-3)18-23(20,21)15-9-8-13-6-4-5-7-14(13)11-15/h8-9,11-12,16,18H,4-7,10H2,1-3H3/t16-/m1/s1. The molecule has 5 nitrogen and oxygen atoms in total. The zero-order valence-electron chi connectivity index (χ0n) is 14.0. The second-order valence-corrected chi connectivity index (χ2v) is 8.18. The molecule has 0 saturated carbocycles. The summed E-state index contributed by atoms with van der Waals surface area (Å²) in [5, 5.41) is 0. The molecule has 1 aromatic carbocycles. The van der Waals surface area contributed by atoms with Crippen molar-refractivity contribution in [1.82, 2.24) is 4.72 Å². The van der Waals surface area contributed by atoms with Crippen LogP contribution in [0.2, 0.25) is 0 Å². The van der Waals surface area contributed by atoms with Gasteiger partial charge in [-0.25, -0.2) is 8.42 Å². The number of methoxy groups -OCH3 is 1. The molecule has 0 heterocycles. The van der Waals surface area contributed by atoms with E-state index < -0.39 is 22.0 Å². The molecule has 128 valence electrons. The minimum atomic E-state index is -3.74. The smallest absolute Gasteiger partial charge is 0.323 e. The quantitative estimate of drug-likeness (QED) is 0.808. The van der Waals surface area contributed by atoms with Crippen molar-refractivity contribution in [3.05, 3.63) is 29.3 Å². The van der Waals surface area contributed by atoms with E-state index in [-0.39, 0.29) is 10.8 Å². The minimum Gasteiger partial charge on any atom is -0.468 e. The Balaban J connectivity index is 2.24. The molecule has 1 aromatic rings. The predicted octanol–water partition coefficient (Wildman–Crippen LogP) is 2.43. The summed E-state index contributed by atoms with van der Waals surface area (Å²) in [6.07, 6.45) is 4.54. The monoisotopic (exact) mass is 339 g/mol. The first-order valence-electron chi connectivity index (χ1n) is 8.05. The highest BCUT2D eigenvalue weighted by molar-refractivity contribution is 7.89. The number of rotatable bonds is 6. The van der Waals surface area contributed by atoms with E-state index in [0.29, 0.717) is 6.42 Å². The van der Waals surface area contributed by atoms with Gasteiger partial charge >= 0.3 is 5.97 Å². The molecule has 6 heteroatoms. The Hall–Kier alpha value is -1.40. The molecule has 1 N–H and O–H groups in total. The normalized spacial score (nSPS) is 16.0. The SMILES string of the molecule is COC(=O)[C@@H](CC(C)C)NS(=O)(=O)c1ccc2c(c1)CCCC2. The lowest BCUT2D eigenvalue weighted by Gasteiger charge is -2.20. The van der Waals surface area contributed by atoms with Crippen molar-refractivity contribution in [2.45, 2.75) is 56.9 Å². The molecule has 0 aromatic heterocycles. The summed E-state index contributed by atoms with van der Waals surface area (Å²) < 4.78 is 32.4. The molecule has 2 rings (SSSR count). The van der Waals surface area contributed by atoms with Crippen LogP contribution in [0.1, 0.15) is 44.2 Å². The van der Waals surface area contributed by atoms with E-state index in [2.05, 4.69) is 4.72 Å². The fourth-order valence-corrected chi connectivity index (χ4v) is 4.19. The first kappa shape index (κ1) is 17.9. The van der Waals surface area contributed by atoms with Crippen molar-refractivity contribution in [3.63, 3.8) is 0 Å². The number of esters is 1. The molecule has 0 aliphatic heterocycles. The van der Waals surface area contributed by atoms with Crippen LogP contribution in [0.4, 0.5) is 0 Å². The summed E-state index contributed by atoms with van der Waals surface area (Å²) in [7, 11) is -2.48. The summed E-state index contributed by atoms with van der Waals surface area (Å²) in [5.74, 6) is -0.384. The topological polar surface area (TPSA) is 72.5 Å². The van der Waals surface area contributed by atoms with Crippen LogP contribution in [0.25, 0.3) is 0 Å². The van der Waals surface area contributed by atoms with E-state index in [1.165, 1.54) is 12.7 Å². The van der Waals surface area contributed by atoms with Gasteiger partial charge in [-0.3, -0.25) is 4.79 Å². The maximum atomic E-state index is 12.6. The molecular weight excluding hydrogens is 314 g/mol. The van der Waals surface area contributed by atoms with Gasteiger partial charge < -0.3 is 4.74 Å². The van der Waals surface area contributed by atoms with Crippen LogP contribution < -0.4 is 4.72 Å². The Labute approximate surface area is 138 Å². The third-order valence-electron chi connectivity index (χ3n) is 4.12. The summed E-state index contributed by atoms with van der Waals surface area (Å²) in [4.78, 5) is 12.1. The molecule has 0 radical (unpaired) electrons. The van der Waals surface area contributed by atoms with Gasteiger partial charge in [0.25, 0.3) is 0 Å². The van der Waals surface area contributed by atoms with Gasteiger partial charge in [0.15, 0.2) is 0 Å². The third kappa shape index (κ3) is 4.54. The highest BCUT2D eigenvalue weighted by atomic mass is 32.2. The van der Waals surface area contributed by atoms with Gasteiger partial charge in [-0.15, -0.1) is 0 Å². The number of hydrogen-bond donors (Lipinski definition) is 1. The van der Waals surface area contributed by atoms with Crippen molar-refractivity contribution in [2.24, 2.45) is 5.92 Å². The summed E-state index contributed by atoms with van der Waals surface area (Å²) in [5.41, 5.74) is 2.32. The molecule has 0 spiro atoms. The van der Waals surface area contributed by atoms with Gasteiger partial charge in [-0.2, -0.15) is 4.72 Å². The van der Waals surface area contributed by atoms with E-state index >= 15 is 0 Å². The van der Waals surface area contributed by atoms with Gasteiger partial charge in [0.05, 0.1) is 12.0 Å². The van der Waals surface area contributed by atoms with Crippen molar-refractivity contribution in [2.75, 3.05) is 7.11 Å². The highest BCUT2D eigenvalue weighted by Gasteiger charge is 2.27. The number of sulfonamides is 1. The molecule has 1 aliphatic carbocycles. The van der Waals surface area contributed by atoms with E-state index in [0.717, 1.165) is 31.2 Å². The van der Waals surface area contributed by atoms with Crippen LogP contribution in [-0.4, -0.2) is 27.5 Å². The maximum absolute atomic E-state index is 12.6. The average molecular weight is 339 g/mol.